The van der Waals surface area contributed by atoms with E-state index in [1.54, 1.807) is 12.4 Å². The SMILES string of the molecule is CCOc1ncccc1-c1ccc(C2(C(=O)N[C@H]3CCN(C)C3)CCN(c3ccc(C(F)(F)F)cc3C#N)CC2)cn1. The maximum Gasteiger partial charge on any atom is 0.416 e. The van der Waals surface area contributed by atoms with Gasteiger partial charge in [-0.1, -0.05) is 6.07 Å². The molecule has 1 amide bonds. The van der Waals surface area contributed by atoms with E-state index in [-0.39, 0.29) is 17.5 Å². The van der Waals surface area contributed by atoms with Gasteiger partial charge in [-0.05, 0) is 81.7 Å². The van der Waals surface area contributed by atoms with Crippen molar-refractivity contribution in [1.82, 2.24) is 20.2 Å². The molecule has 0 radical (unpaired) electrons. The molecule has 3 aromatic rings. The monoisotopic (exact) mass is 578 g/mol. The number of aromatic nitrogens is 2. The van der Waals surface area contributed by atoms with Gasteiger partial charge in [-0.3, -0.25) is 9.78 Å². The van der Waals surface area contributed by atoms with Crippen molar-refractivity contribution in [3.8, 4) is 23.2 Å². The Labute approximate surface area is 243 Å². The minimum atomic E-state index is -4.54. The number of hydrogen-bond acceptors (Lipinski definition) is 7. The number of piperidine rings is 1. The molecule has 2 aliphatic rings. The van der Waals surface area contributed by atoms with Crippen LogP contribution >= 0.6 is 0 Å². The van der Waals surface area contributed by atoms with Crippen molar-refractivity contribution in [2.24, 2.45) is 0 Å². The summed E-state index contributed by atoms with van der Waals surface area (Å²) in [5, 5.41) is 12.9. The molecular weight excluding hydrogens is 545 g/mol. The van der Waals surface area contributed by atoms with E-state index in [0.29, 0.717) is 49.8 Å². The van der Waals surface area contributed by atoms with Crippen LogP contribution in [0.5, 0.6) is 5.88 Å². The van der Waals surface area contributed by atoms with Crippen LogP contribution in [0.25, 0.3) is 11.3 Å². The Morgan fingerprint density at radius 2 is 1.95 bits per heavy atom. The van der Waals surface area contributed by atoms with Crippen molar-refractivity contribution in [2.75, 3.05) is 44.7 Å². The quantitative estimate of drug-likeness (QED) is 0.431. The topological polar surface area (TPSA) is 94.4 Å². The predicted octanol–water partition coefficient (Wildman–Crippen LogP) is 4.79. The van der Waals surface area contributed by atoms with Crippen molar-refractivity contribution >= 4 is 11.6 Å². The lowest BCUT2D eigenvalue weighted by Gasteiger charge is -2.42. The average Bonchev–Trinajstić information content (AvgIpc) is 3.41. The first-order chi connectivity index (χ1) is 20.1. The van der Waals surface area contributed by atoms with E-state index in [2.05, 4.69) is 15.2 Å². The van der Waals surface area contributed by atoms with Gasteiger partial charge in [0.05, 0.1) is 40.1 Å². The number of amides is 1. The van der Waals surface area contributed by atoms with Crippen molar-refractivity contribution in [2.45, 2.75) is 43.8 Å². The third-order valence-electron chi connectivity index (χ3n) is 8.21. The van der Waals surface area contributed by atoms with E-state index in [1.807, 2.05) is 49.2 Å². The summed E-state index contributed by atoms with van der Waals surface area (Å²) >= 11 is 0. The van der Waals surface area contributed by atoms with Crippen LogP contribution < -0.4 is 15.0 Å². The molecule has 0 unspecified atom stereocenters. The maximum atomic E-state index is 14.0. The highest BCUT2D eigenvalue weighted by molar-refractivity contribution is 5.89. The molecule has 2 saturated heterocycles. The fourth-order valence-electron chi connectivity index (χ4n) is 5.90. The molecule has 1 N–H and O–H groups in total. The normalized spacial score (nSPS) is 18.9. The number of nitrogens with zero attached hydrogens (tertiary/aromatic N) is 5. The zero-order chi connectivity index (χ0) is 29.9. The molecule has 0 aliphatic carbocycles. The van der Waals surface area contributed by atoms with Crippen molar-refractivity contribution in [1.29, 1.82) is 5.26 Å². The fourth-order valence-corrected chi connectivity index (χ4v) is 5.90. The number of nitrogens with one attached hydrogen (secondary N) is 1. The van der Waals surface area contributed by atoms with Crippen LogP contribution in [0.4, 0.5) is 18.9 Å². The highest BCUT2D eigenvalue weighted by Crippen LogP contribution is 2.40. The van der Waals surface area contributed by atoms with Crippen LogP contribution in [0.2, 0.25) is 0 Å². The van der Waals surface area contributed by atoms with Gasteiger partial charge < -0.3 is 19.9 Å². The number of halogens is 3. The number of pyridine rings is 2. The Kier molecular flexibility index (Phi) is 8.36. The van der Waals surface area contributed by atoms with Crippen LogP contribution in [0.15, 0.2) is 54.9 Å². The number of likely N-dealkylation sites (tertiary alicyclic amines) is 1. The summed E-state index contributed by atoms with van der Waals surface area (Å²) in [7, 11) is 2.02. The van der Waals surface area contributed by atoms with E-state index in [9.17, 15) is 23.2 Å². The largest absolute Gasteiger partial charge is 0.477 e. The number of alkyl halides is 3. The van der Waals surface area contributed by atoms with Crippen LogP contribution in [-0.2, 0) is 16.4 Å². The van der Waals surface area contributed by atoms with Gasteiger partial charge in [0.15, 0.2) is 0 Å². The molecule has 42 heavy (non-hydrogen) atoms. The van der Waals surface area contributed by atoms with Gasteiger partial charge >= 0.3 is 6.18 Å². The predicted molar refractivity (Wildman–Crippen MR) is 152 cm³/mol. The van der Waals surface area contributed by atoms with Gasteiger partial charge in [0.1, 0.15) is 6.07 Å². The van der Waals surface area contributed by atoms with Crippen LogP contribution in [-0.4, -0.2) is 66.7 Å². The molecule has 0 spiro atoms. The number of rotatable bonds is 7. The molecule has 2 fully saturated rings. The smallest absolute Gasteiger partial charge is 0.416 e. The molecule has 2 aromatic heterocycles. The number of carbonyl (C=O) groups excluding carboxylic acids is 1. The Morgan fingerprint density at radius 3 is 2.57 bits per heavy atom. The van der Waals surface area contributed by atoms with E-state index in [0.717, 1.165) is 42.8 Å². The highest BCUT2D eigenvalue weighted by Gasteiger charge is 2.44. The van der Waals surface area contributed by atoms with Crippen molar-refractivity contribution in [3.63, 3.8) is 0 Å². The summed E-state index contributed by atoms with van der Waals surface area (Å²) in [6.07, 6.45) is 0.528. The molecule has 0 saturated carbocycles. The Bertz CT molecular complexity index is 1460. The molecule has 11 heteroatoms. The first-order valence-electron chi connectivity index (χ1n) is 14.0. The van der Waals surface area contributed by atoms with Gasteiger partial charge in [0.2, 0.25) is 11.8 Å². The molecule has 1 aromatic carbocycles. The van der Waals surface area contributed by atoms with Crippen LogP contribution in [0.3, 0.4) is 0 Å². The summed E-state index contributed by atoms with van der Waals surface area (Å²) in [4.78, 5) is 27.1. The van der Waals surface area contributed by atoms with Crippen LogP contribution in [0.1, 0.15) is 42.9 Å². The molecule has 8 nitrogen and oxygen atoms in total. The third kappa shape index (κ3) is 5.90. The van der Waals surface area contributed by atoms with E-state index >= 15 is 0 Å². The van der Waals surface area contributed by atoms with Gasteiger partial charge in [-0.2, -0.15) is 18.4 Å². The number of ether oxygens (including phenoxy) is 1. The minimum absolute atomic E-state index is 0.0360. The molecule has 2 aliphatic heterocycles. The number of benzene rings is 1. The second-order valence-electron chi connectivity index (χ2n) is 10.9. The Hall–Kier alpha value is -4.17. The molecule has 5 rings (SSSR count). The second-order valence-corrected chi connectivity index (χ2v) is 10.9. The fraction of sp³-hybridized carbons (Fsp3) is 0.419. The van der Waals surface area contributed by atoms with Gasteiger partial charge in [-0.15, -0.1) is 0 Å². The van der Waals surface area contributed by atoms with Gasteiger partial charge in [-0.25, -0.2) is 4.98 Å². The number of nitriles is 1. The third-order valence-corrected chi connectivity index (χ3v) is 8.21. The first kappa shape index (κ1) is 29.3. The molecule has 1 atom stereocenters. The summed E-state index contributed by atoms with van der Waals surface area (Å²) in [5.41, 5.74) is 0.837. The standard InChI is InChI=1S/C31H33F3N6O2/c1-3-42-28-25(5-4-13-36-28)26-8-6-23(19-37-26)30(29(41)38-24-10-14-39(2)20-24)11-15-40(16-12-30)27-9-7-22(31(32,33)34)17-21(27)18-35/h4-9,13,17,19,24H,3,10-12,14-16,20H2,1-2H3,(H,38,41)/t24-/m0/s1. The van der Waals surface area contributed by atoms with E-state index in [4.69, 9.17) is 9.72 Å². The summed E-state index contributed by atoms with van der Waals surface area (Å²) in [6.45, 7) is 4.79. The summed E-state index contributed by atoms with van der Waals surface area (Å²) in [5.74, 6) is 0.400. The number of anilines is 1. The number of hydrogen-bond donors (Lipinski definition) is 1. The Balaban J connectivity index is 1.44. The van der Waals surface area contributed by atoms with Crippen molar-refractivity contribution < 1.29 is 22.7 Å². The zero-order valence-electron chi connectivity index (χ0n) is 23.6. The number of carbonyl (C=O) groups is 1. The minimum Gasteiger partial charge on any atom is -0.477 e. The number of likely N-dealkylation sites (N-methyl/N-ethyl adjacent to an activating group) is 1. The lowest BCUT2D eigenvalue weighted by molar-refractivity contribution is -0.137. The molecule has 4 heterocycles. The van der Waals surface area contributed by atoms with Crippen LogP contribution in [0, 0.1) is 11.3 Å². The van der Waals surface area contributed by atoms with Gasteiger partial charge in [0, 0.05) is 38.1 Å². The summed E-state index contributed by atoms with van der Waals surface area (Å²) in [6, 6.07) is 12.7. The Morgan fingerprint density at radius 1 is 1.17 bits per heavy atom. The summed E-state index contributed by atoms with van der Waals surface area (Å²) < 4.78 is 45.4. The molecular formula is C31H33F3N6O2. The second kappa shape index (κ2) is 12.0. The first-order valence-corrected chi connectivity index (χ1v) is 14.0. The molecule has 0 bridgehead atoms. The van der Waals surface area contributed by atoms with E-state index in [1.165, 1.54) is 6.07 Å². The average molecular weight is 579 g/mol. The maximum absolute atomic E-state index is 14.0. The molecule has 220 valence electrons. The van der Waals surface area contributed by atoms with Crippen molar-refractivity contribution in [3.05, 3.63) is 71.5 Å². The highest BCUT2D eigenvalue weighted by atomic mass is 19.4. The van der Waals surface area contributed by atoms with Gasteiger partial charge in [0.25, 0.3) is 0 Å². The lowest BCUT2D eigenvalue weighted by Crippen LogP contribution is -2.54. The lowest BCUT2D eigenvalue weighted by atomic mass is 9.72. The zero-order valence-corrected chi connectivity index (χ0v) is 23.6. The van der Waals surface area contributed by atoms with E-state index < -0.39 is 17.2 Å².